The smallest absolute Gasteiger partial charge is 0.233 e. The minimum Gasteiger partial charge on any atom is -0.494 e. The number of nitrogens with one attached hydrogen (secondary N) is 1. The van der Waals surface area contributed by atoms with Gasteiger partial charge in [-0.05, 0) is 55.3 Å². The fraction of sp³-hybridized carbons (Fsp3) is 0.278. The Balaban J connectivity index is 0.00000288. The second-order valence-corrected chi connectivity index (χ2v) is 5.24. The molecule has 24 heavy (non-hydrogen) atoms. The molecule has 0 saturated carbocycles. The SMILES string of the molecule is CCOc1ccc(NC(=O)C(CN)c2ccc(F)cc2)c(C)c1.Cl. The lowest BCUT2D eigenvalue weighted by Crippen LogP contribution is -2.27. The van der Waals surface area contributed by atoms with Crippen molar-refractivity contribution in [2.45, 2.75) is 19.8 Å². The van der Waals surface area contributed by atoms with Crippen LogP contribution >= 0.6 is 12.4 Å². The Hall–Kier alpha value is -2.11. The zero-order valence-corrected chi connectivity index (χ0v) is 14.5. The van der Waals surface area contributed by atoms with E-state index in [1.807, 2.05) is 26.0 Å². The maximum atomic E-state index is 13.0. The fourth-order valence-electron chi connectivity index (χ4n) is 2.34. The lowest BCUT2D eigenvalue weighted by molar-refractivity contribution is -0.117. The molecule has 0 bridgehead atoms. The average Bonchev–Trinajstić information content (AvgIpc) is 2.53. The molecule has 2 aromatic carbocycles. The molecule has 1 atom stereocenters. The van der Waals surface area contributed by atoms with Crippen LogP contribution in [0, 0.1) is 12.7 Å². The Kier molecular flexibility index (Phi) is 7.68. The molecule has 0 spiro atoms. The van der Waals surface area contributed by atoms with Crippen LogP contribution in [-0.4, -0.2) is 19.1 Å². The van der Waals surface area contributed by atoms with Crippen molar-refractivity contribution in [1.82, 2.24) is 0 Å². The highest BCUT2D eigenvalue weighted by atomic mass is 35.5. The molecule has 0 aliphatic carbocycles. The van der Waals surface area contributed by atoms with Crippen LogP contribution in [-0.2, 0) is 4.79 Å². The normalized spacial score (nSPS) is 11.3. The van der Waals surface area contributed by atoms with Gasteiger partial charge in [-0.1, -0.05) is 12.1 Å². The average molecular weight is 353 g/mol. The second kappa shape index (κ2) is 9.25. The van der Waals surface area contributed by atoms with Gasteiger partial charge in [-0.3, -0.25) is 4.79 Å². The van der Waals surface area contributed by atoms with Gasteiger partial charge < -0.3 is 15.8 Å². The Bertz CT molecular complexity index is 677. The number of rotatable bonds is 6. The first kappa shape index (κ1) is 19.9. The van der Waals surface area contributed by atoms with E-state index in [0.29, 0.717) is 17.9 Å². The van der Waals surface area contributed by atoms with Crippen molar-refractivity contribution in [2.75, 3.05) is 18.5 Å². The summed E-state index contributed by atoms with van der Waals surface area (Å²) in [6, 6.07) is 11.3. The molecular formula is C18H22ClFN2O2. The van der Waals surface area contributed by atoms with Gasteiger partial charge in [-0.15, -0.1) is 12.4 Å². The summed E-state index contributed by atoms with van der Waals surface area (Å²) in [5, 5.41) is 2.88. The van der Waals surface area contributed by atoms with E-state index < -0.39 is 5.92 Å². The summed E-state index contributed by atoms with van der Waals surface area (Å²) in [6.45, 7) is 4.55. The first-order valence-electron chi connectivity index (χ1n) is 7.55. The molecule has 1 amide bonds. The van der Waals surface area contributed by atoms with Gasteiger partial charge in [0, 0.05) is 12.2 Å². The van der Waals surface area contributed by atoms with E-state index in [4.69, 9.17) is 10.5 Å². The van der Waals surface area contributed by atoms with Gasteiger partial charge in [0.2, 0.25) is 5.91 Å². The van der Waals surface area contributed by atoms with E-state index in [0.717, 1.165) is 11.3 Å². The predicted octanol–water partition coefficient (Wildman–Crippen LogP) is 3.64. The maximum absolute atomic E-state index is 13.0. The standard InChI is InChI=1S/C18H21FN2O2.ClH/c1-3-23-15-8-9-17(12(2)10-15)21-18(22)16(11-20)13-4-6-14(19)7-5-13;/h4-10,16H,3,11,20H2,1-2H3,(H,21,22);1H. The summed E-state index contributed by atoms with van der Waals surface area (Å²) in [5.74, 6) is -0.322. The van der Waals surface area contributed by atoms with Crippen molar-refractivity contribution < 1.29 is 13.9 Å². The van der Waals surface area contributed by atoms with Crippen molar-refractivity contribution in [3.63, 3.8) is 0 Å². The van der Waals surface area contributed by atoms with Gasteiger partial charge in [0.15, 0.2) is 0 Å². The summed E-state index contributed by atoms with van der Waals surface area (Å²) in [4.78, 5) is 12.5. The summed E-state index contributed by atoms with van der Waals surface area (Å²) < 4.78 is 18.4. The van der Waals surface area contributed by atoms with Crippen molar-refractivity contribution in [3.8, 4) is 5.75 Å². The number of carbonyl (C=O) groups is 1. The third-order valence-electron chi connectivity index (χ3n) is 3.59. The molecule has 0 aliphatic heterocycles. The van der Waals surface area contributed by atoms with E-state index in [-0.39, 0.29) is 30.7 Å². The van der Waals surface area contributed by atoms with Crippen molar-refractivity contribution in [3.05, 3.63) is 59.4 Å². The number of anilines is 1. The molecular weight excluding hydrogens is 331 g/mol. The molecule has 4 nitrogen and oxygen atoms in total. The van der Waals surface area contributed by atoms with Crippen LogP contribution < -0.4 is 15.8 Å². The quantitative estimate of drug-likeness (QED) is 0.834. The number of carbonyl (C=O) groups excluding carboxylic acids is 1. The highest BCUT2D eigenvalue weighted by Crippen LogP contribution is 2.23. The zero-order valence-electron chi connectivity index (χ0n) is 13.7. The van der Waals surface area contributed by atoms with E-state index >= 15 is 0 Å². The number of hydrogen-bond donors (Lipinski definition) is 2. The van der Waals surface area contributed by atoms with Crippen LogP contribution in [0.2, 0.25) is 0 Å². The number of halogens is 2. The van der Waals surface area contributed by atoms with Gasteiger partial charge in [0.25, 0.3) is 0 Å². The predicted molar refractivity (Wildman–Crippen MR) is 96.4 cm³/mol. The first-order chi connectivity index (χ1) is 11.0. The van der Waals surface area contributed by atoms with E-state index in [1.54, 1.807) is 18.2 Å². The molecule has 6 heteroatoms. The molecule has 2 aromatic rings. The molecule has 0 heterocycles. The highest BCUT2D eigenvalue weighted by Gasteiger charge is 2.19. The number of amides is 1. The molecule has 0 radical (unpaired) electrons. The van der Waals surface area contributed by atoms with E-state index in [2.05, 4.69) is 5.32 Å². The molecule has 1 unspecified atom stereocenters. The second-order valence-electron chi connectivity index (χ2n) is 5.24. The molecule has 0 fully saturated rings. The largest absolute Gasteiger partial charge is 0.494 e. The third kappa shape index (κ3) is 4.94. The number of nitrogens with two attached hydrogens (primary N) is 1. The van der Waals surface area contributed by atoms with Gasteiger partial charge in [-0.25, -0.2) is 4.39 Å². The Morgan fingerprint density at radius 2 is 1.92 bits per heavy atom. The van der Waals surface area contributed by atoms with E-state index in [9.17, 15) is 9.18 Å². The first-order valence-corrected chi connectivity index (χ1v) is 7.55. The van der Waals surface area contributed by atoms with Crippen LogP contribution in [0.25, 0.3) is 0 Å². The molecule has 2 rings (SSSR count). The number of benzene rings is 2. The van der Waals surface area contributed by atoms with Crippen LogP contribution in [0.15, 0.2) is 42.5 Å². The van der Waals surface area contributed by atoms with Gasteiger partial charge in [-0.2, -0.15) is 0 Å². The van der Waals surface area contributed by atoms with Gasteiger partial charge >= 0.3 is 0 Å². The Morgan fingerprint density at radius 3 is 2.46 bits per heavy atom. The minimum absolute atomic E-state index is 0. The monoisotopic (exact) mass is 352 g/mol. The van der Waals surface area contributed by atoms with Crippen LogP contribution in [0.5, 0.6) is 5.75 Å². The summed E-state index contributed by atoms with van der Waals surface area (Å²) >= 11 is 0. The van der Waals surface area contributed by atoms with Gasteiger partial charge in [0.05, 0.1) is 12.5 Å². The summed E-state index contributed by atoms with van der Waals surface area (Å²) in [6.07, 6.45) is 0. The van der Waals surface area contributed by atoms with Crippen molar-refractivity contribution in [2.24, 2.45) is 5.73 Å². The molecule has 130 valence electrons. The van der Waals surface area contributed by atoms with Gasteiger partial charge in [0.1, 0.15) is 11.6 Å². The van der Waals surface area contributed by atoms with Crippen LogP contribution in [0.3, 0.4) is 0 Å². The summed E-state index contributed by atoms with van der Waals surface area (Å²) in [7, 11) is 0. The molecule has 0 aliphatic rings. The molecule has 0 aromatic heterocycles. The van der Waals surface area contributed by atoms with Crippen molar-refractivity contribution in [1.29, 1.82) is 0 Å². The number of aryl methyl sites for hydroxylation is 1. The van der Waals surface area contributed by atoms with Crippen LogP contribution in [0.1, 0.15) is 24.0 Å². The lowest BCUT2D eigenvalue weighted by Gasteiger charge is -2.17. The van der Waals surface area contributed by atoms with Crippen LogP contribution in [0.4, 0.5) is 10.1 Å². The third-order valence-corrected chi connectivity index (χ3v) is 3.59. The fourth-order valence-corrected chi connectivity index (χ4v) is 2.34. The lowest BCUT2D eigenvalue weighted by atomic mass is 9.98. The number of ether oxygens (including phenoxy) is 1. The maximum Gasteiger partial charge on any atom is 0.233 e. The zero-order chi connectivity index (χ0) is 16.8. The Labute approximate surface area is 147 Å². The summed E-state index contributed by atoms with van der Waals surface area (Å²) in [5.41, 5.74) is 8.02. The van der Waals surface area contributed by atoms with Crippen molar-refractivity contribution >= 4 is 24.0 Å². The number of hydrogen-bond acceptors (Lipinski definition) is 3. The topological polar surface area (TPSA) is 64.3 Å². The minimum atomic E-state index is -0.526. The molecule has 0 saturated heterocycles. The molecule has 3 N–H and O–H groups in total. The highest BCUT2D eigenvalue weighted by molar-refractivity contribution is 5.96. The van der Waals surface area contributed by atoms with E-state index in [1.165, 1.54) is 12.1 Å². The Morgan fingerprint density at radius 1 is 1.25 bits per heavy atom.